The van der Waals surface area contributed by atoms with Gasteiger partial charge in [0, 0.05) is 11.5 Å². The molecule has 2 aromatic carbocycles. The SMILES string of the molecule is C[C@@H]1c2cccc(O)c2C(O)=C2C(=O)[C@@]3(O)C(O)=C(C(N)=O)C(=O)[C@H](N(C)C)[C@H]3[C@H](OC(=O)Cc3ccccc3)[C@H]21. The van der Waals surface area contributed by atoms with E-state index in [-0.39, 0.29) is 17.7 Å². The van der Waals surface area contributed by atoms with Crippen LogP contribution in [0.3, 0.4) is 0 Å². The minimum atomic E-state index is -2.98. The van der Waals surface area contributed by atoms with Gasteiger partial charge in [0.15, 0.2) is 11.4 Å². The van der Waals surface area contributed by atoms with Gasteiger partial charge in [-0.3, -0.25) is 24.1 Å². The molecule has 41 heavy (non-hydrogen) atoms. The highest BCUT2D eigenvalue weighted by atomic mass is 16.5. The maximum Gasteiger partial charge on any atom is 0.310 e. The summed E-state index contributed by atoms with van der Waals surface area (Å²) in [5, 5.41) is 45.2. The lowest BCUT2D eigenvalue weighted by Crippen LogP contribution is -2.71. The Bertz CT molecular complexity index is 1540. The van der Waals surface area contributed by atoms with Gasteiger partial charge in [-0.1, -0.05) is 49.4 Å². The lowest BCUT2D eigenvalue weighted by Gasteiger charge is -2.54. The van der Waals surface area contributed by atoms with Crippen LogP contribution < -0.4 is 5.73 Å². The van der Waals surface area contributed by atoms with E-state index in [0.717, 1.165) is 0 Å². The van der Waals surface area contributed by atoms with Crippen molar-refractivity contribution in [2.24, 2.45) is 17.6 Å². The number of aromatic hydroxyl groups is 1. The average Bonchev–Trinajstić information content (AvgIpc) is 2.90. The van der Waals surface area contributed by atoms with Crippen LogP contribution in [0.1, 0.15) is 29.5 Å². The topological polar surface area (TPSA) is 188 Å². The molecule has 0 heterocycles. The molecular formula is C30H30N2O9. The lowest BCUT2D eigenvalue weighted by atomic mass is 9.54. The summed E-state index contributed by atoms with van der Waals surface area (Å²) in [6, 6.07) is 11.7. The van der Waals surface area contributed by atoms with Crippen LogP contribution in [-0.2, 0) is 30.3 Å². The third kappa shape index (κ3) is 4.03. The Kier molecular flexibility index (Phi) is 6.75. The number of phenols is 1. The lowest BCUT2D eigenvalue weighted by molar-refractivity contribution is -0.185. The zero-order valence-electron chi connectivity index (χ0n) is 22.6. The normalized spacial score (nSPS) is 29.1. The van der Waals surface area contributed by atoms with Crippen molar-refractivity contribution in [2.45, 2.75) is 37.0 Å². The van der Waals surface area contributed by atoms with Crippen LogP contribution in [0, 0.1) is 11.8 Å². The van der Waals surface area contributed by atoms with Crippen molar-refractivity contribution in [3.63, 3.8) is 0 Å². The van der Waals surface area contributed by atoms with Crippen molar-refractivity contribution >= 4 is 29.2 Å². The van der Waals surface area contributed by atoms with Gasteiger partial charge in [-0.2, -0.15) is 0 Å². The summed E-state index contributed by atoms with van der Waals surface area (Å²) in [7, 11) is 2.94. The molecule has 2 aromatic rings. The number of likely N-dealkylation sites (N-methyl/N-ethyl adjacent to an activating group) is 1. The number of carbonyl (C=O) groups excluding carboxylic acids is 4. The second kappa shape index (κ2) is 9.86. The van der Waals surface area contributed by atoms with Crippen molar-refractivity contribution in [3.05, 3.63) is 82.1 Å². The standard InChI is InChI=1S/C30H30N2O9/c1-13-15-10-7-11-16(33)19(15)24(35)20-18(13)26(41-17(34)12-14-8-5-4-6-9-14)22-23(32(2)3)25(36)21(29(31)39)28(38)30(22,40)27(20)37/h4-11,13,18,22-23,26,33,35,38,40H,12H2,1-3H3,(H2,31,39)/t13-,18+,22+,23-,26-,30-/m1/s1. The highest BCUT2D eigenvalue weighted by Gasteiger charge is 2.69. The molecule has 1 saturated carbocycles. The van der Waals surface area contributed by atoms with Crippen molar-refractivity contribution in [1.82, 2.24) is 4.90 Å². The molecule has 6 atom stereocenters. The Hall–Kier alpha value is -4.48. The summed E-state index contributed by atoms with van der Waals surface area (Å²) in [4.78, 5) is 54.8. The number of ether oxygens (including phenoxy) is 1. The number of hydrogen-bond acceptors (Lipinski definition) is 10. The quantitative estimate of drug-likeness (QED) is 0.262. The van der Waals surface area contributed by atoms with Crippen molar-refractivity contribution in [3.8, 4) is 5.75 Å². The molecule has 0 saturated heterocycles. The monoisotopic (exact) mass is 562 g/mol. The highest BCUT2D eigenvalue weighted by Crippen LogP contribution is 2.56. The maximum atomic E-state index is 14.2. The van der Waals surface area contributed by atoms with Gasteiger partial charge in [-0.25, -0.2) is 0 Å². The van der Waals surface area contributed by atoms with E-state index >= 15 is 0 Å². The number of fused-ring (bicyclic) bond motifs is 3. The summed E-state index contributed by atoms with van der Waals surface area (Å²) in [5.74, 6) is -9.91. The molecule has 214 valence electrons. The third-order valence-corrected chi connectivity index (χ3v) is 8.42. The van der Waals surface area contributed by atoms with E-state index in [1.54, 1.807) is 49.4 Å². The Morgan fingerprint density at radius 1 is 1.02 bits per heavy atom. The zero-order chi connectivity index (χ0) is 30.0. The third-order valence-electron chi connectivity index (χ3n) is 8.42. The largest absolute Gasteiger partial charge is 0.508 e. The van der Waals surface area contributed by atoms with Crippen LogP contribution in [0.15, 0.2) is 65.4 Å². The predicted octanol–water partition coefficient (Wildman–Crippen LogP) is 1.29. The number of primary amides is 1. The Balaban J connectivity index is 1.78. The summed E-state index contributed by atoms with van der Waals surface area (Å²) >= 11 is 0. The van der Waals surface area contributed by atoms with E-state index in [0.29, 0.717) is 11.1 Å². The zero-order valence-corrected chi connectivity index (χ0v) is 22.6. The molecule has 6 N–H and O–H groups in total. The Labute approximate surface area is 235 Å². The summed E-state index contributed by atoms with van der Waals surface area (Å²) < 4.78 is 6.00. The molecule has 3 aliphatic carbocycles. The molecule has 3 aliphatic rings. The van der Waals surface area contributed by atoms with E-state index in [2.05, 4.69) is 0 Å². The summed E-state index contributed by atoms with van der Waals surface area (Å²) in [6.07, 6.45) is -1.64. The second-order valence-corrected chi connectivity index (χ2v) is 10.9. The maximum absolute atomic E-state index is 14.2. The molecule has 0 bridgehead atoms. The molecule has 0 aliphatic heterocycles. The number of aliphatic hydroxyl groups is 3. The summed E-state index contributed by atoms with van der Waals surface area (Å²) in [5.41, 5.74) is 2.06. The molecule has 1 amide bonds. The first-order valence-corrected chi connectivity index (χ1v) is 13.0. The van der Waals surface area contributed by atoms with Gasteiger partial charge in [0.2, 0.25) is 5.78 Å². The van der Waals surface area contributed by atoms with E-state index in [4.69, 9.17) is 10.5 Å². The first-order chi connectivity index (χ1) is 19.3. The van der Waals surface area contributed by atoms with E-state index < -0.39 is 81.6 Å². The van der Waals surface area contributed by atoms with E-state index in [1.165, 1.54) is 25.1 Å². The van der Waals surface area contributed by atoms with E-state index in [9.17, 15) is 39.6 Å². The molecule has 0 aromatic heterocycles. The fraction of sp³-hybridized carbons (Fsp3) is 0.333. The molecule has 0 radical (unpaired) electrons. The molecular weight excluding hydrogens is 532 g/mol. The predicted molar refractivity (Wildman–Crippen MR) is 144 cm³/mol. The number of nitrogens with two attached hydrogens (primary N) is 1. The van der Waals surface area contributed by atoms with Crippen LogP contribution in [0.2, 0.25) is 0 Å². The number of phenolic OH excluding ortho intramolecular Hbond substituents is 1. The highest BCUT2D eigenvalue weighted by molar-refractivity contribution is 6.24. The number of hydrogen-bond donors (Lipinski definition) is 5. The number of carbonyl (C=O) groups is 4. The number of ketones is 2. The fourth-order valence-electron chi connectivity index (χ4n) is 6.64. The van der Waals surface area contributed by atoms with Crippen LogP contribution in [0.25, 0.3) is 5.76 Å². The number of aliphatic hydroxyl groups excluding tert-OH is 2. The van der Waals surface area contributed by atoms with Crippen molar-refractivity contribution < 1.29 is 44.3 Å². The fourth-order valence-corrected chi connectivity index (χ4v) is 6.64. The van der Waals surface area contributed by atoms with Crippen molar-refractivity contribution in [1.29, 1.82) is 0 Å². The Morgan fingerprint density at radius 2 is 1.68 bits per heavy atom. The molecule has 11 heteroatoms. The number of nitrogens with zero attached hydrogens (tertiary/aromatic N) is 1. The Morgan fingerprint density at radius 3 is 2.29 bits per heavy atom. The molecule has 1 fully saturated rings. The number of amides is 1. The number of esters is 1. The van der Waals surface area contributed by atoms with E-state index in [1.807, 2.05) is 0 Å². The minimum absolute atomic E-state index is 0.0503. The van der Waals surface area contributed by atoms with Gasteiger partial charge in [0.1, 0.15) is 28.9 Å². The number of benzene rings is 2. The number of rotatable bonds is 5. The van der Waals surface area contributed by atoms with Crippen LogP contribution in [0.4, 0.5) is 0 Å². The van der Waals surface area contributed by atoms with Crippen LogP contribution >= 0.6 is 0 Å². The van der Waals surface area contributed by atoms with Crippen molar-refractivity contribution in [2.75, 3.05) is 14.1 Å². The smallest absolute Gasteiger partial charge is 0.310 e. The first kappa shape index (κ1) is 28.1. The summed E-state index contributed by atoms with van der Waals surface area (Å²) in [6.45, 7) is 1.70. The minimum Gasteiger partial charge on any atom is -0.508 e. The van der Waals surface area contributed by atoms with Gasteiger partial charge < -0.3 is 30.9 Å². The van der Waals surface area contributed by atoms with Gasteiger partial charge >= 0.3 is 5.97 Å². The molecule has 11 nitrogen and oxygen atoms in total. The molecule has 0 spiro atoms. The van der Waals surface area contributed by atoms with Gasteiger partial charge in [0.05, 0.1) is 23.9 Å². The van der Waals surface area contributed by atoms with Crippen LogP contribution in [0.5, 0.6) is 5.75 Å². The van der Waals surface area contributed by atoms with Crippen LogP contribution in [-0.4, -0.2) is 80.6 Å². The van der Waals surface area contributed by atoms with Gasteiger partial charge in [-0.05, 0) is 37.2 Å². The van der Waals surface area contributed by atoms with Gasteiger partial charge in [0.25, 0.3) is 5.91 Å². The van der Waals surface area contributed by atoms with Gasteiger partial charge in [-0.15, -0.1) is 0 Å². The average molecular weight is 563 g/mol. The second-order valence-electron chi connectivity index (χ2n) is 10.9. The number of Topliss-reactive ketones (excluding diaryl/α,β-unsaturated/α-hetero) is 2. The molecule has 0 unspecified atom stereocenters. The first-order valence-electron chi connectivity index (χ1n) is 13.0. The molecule has 5 rings (SSSR count).